The Labute approximate surface area is 193 Å². The van der Waals surface area contributed by atoms with Crippen molar-refractivity contribution in [3.63, 3.8) is 0 Å². The number of para-hydroxylation sites is 2. The van der Waals surface area contributed by atoms with Crippen LogP contribution in [0.15, 0.2) is 77.7 Å². The average Bonchev–Trinajstić information content (AvgIpc) is 2.82. The quantitative estimate of drug-likeness (QED) is 0.517. The molecule has 4 rings (SSSR count). The summed E-state index contributed by atoms with van der Waals surface area (Å²) in [6, 6.07) is 20.5. The largest absolute Gasteiger partial charge is 0.352 e. The van der Waals surface area contributed by atoms with Gasteiger partial charge in [0.1, 0.15) is 6.54 Å². The molecule has 0 radical (unpaired) electrons. The molecule has 1 aliphatic rings. The molecule has 0 aliphatic carbocycles. The number of carbonyl (C=O) groups excluding carboxylic acids is 2. The van der Waals surface area contributed by atoms with Gasteiger partial charge in [-0.3, -0.25) is 13.9 Å². The molecule has 2 N–H and O–H groups in total. The maximum Gasteiger partial charge on any atom is 0.265 e. The molecule has 3 aromatic rings. The van der Waals surface area contributed by atoms with Crippen molar-refractivity contribution < 1.29 is 18.0 Å². The van der Waals surface area contributed by atoms with E-state index in [0.29, 0.717) is 29.0 Å². The van der Waals surface area contributed by atoms with Gasteiger partial charge in [-0.1, -0.05) is 61.9 Å². The van der Waals surface area contributed by atoms with E-state index >= 15 is 0 Å². The second-order valence-corrected chi connectivity index (χ2v) is 9.56. The summed E-state index contributed by atoms with van der Waals surface area (Å²) >= 11 is 0. The third-order valence-electron chi connectivity index (χ3n) is 5.47. The Morgan fingerprint density at radius 2 is 1.55 bits per heavy atom. The summed E-state index contributed by atoms with van der Waals surface area (Å²) in [7, 11) is -3.93. The number of carbonyl (C=O) groups is 2. The number of amides is 2. The van der Waals surface area contributed by atoms with Crippen LogP contribution in [0.1, 0.15) is 30.1 Å². The highest BCUT2D eigenvalue weighted by molar-refractivity contribution is 7.93. The molecule has 8 heteroatoms. The number of nitrogens with zero attached hydrogens (tertiary/aromatic N) is 1. The third kappa shape index (κ3) is 4.47. The van der Waals surface area contributed by atoms with Gasteiger partial charge in [-0.2, -0.15) is 0 Å². The van der Waals surface area contributed by atoms with E-state index in [2.05, 4.69) is 10.6 Å². The van der Waals surface area contributed by atoms with Crippen molar-refractivity contribution in [2.24, 2.45) is 0 Å². The SMILES string of the molecule is CCCCNC(=O)c1ccccc1NC(=O)CN1c2ccccc2-c2ccccc2S1(=O)=O. The number of sulfonamides is 1. The van der Waals surface area contributed by atoms with Gasteiger partial charge in [0.2, 0.25) is 5.91 Å². The van der Waals surface area contributed by atoms with Gasteiger partial charge in [0.15, 0.2) is 0 Å². The summed E-state index contributed by atoms with van der Waals surface area (Å²) < 4.78 is 27.8. The number of hydrogen-bond donors (Lipinski definition) is 2. The molecule has 0 atom stereocenters. The van der Waals surface area contributed by atoms with Crippen LogP contribution in [0.2, 0.25) is 0 Å². The Kier molecular flexibility index (Phi) is 6.46. The minimum atomic E-state index is -3.93. The minimum absolute atomic E-state index is 0.159. The number of fused-ring (bicyclic) bond motifs is 3. The molecule has 0 aromatic heterocycles. The number of anilines is 2. The minimum Gasteiger partial charge on any atom is -0.352 e. The number of hydrogen-bond acceptors (Lipinski definition) is 4. The fourth-order valence-corrected chi connectivity index (χ4v) is 5.48. The third-order valence-corrected chi connectivity index (χ3v) is 7.28. The fourth-order valence-electron chi connectivity index (χ4n) is 3.84. The second-order valence-electron chi connectivity index (χ2n) is 7.73. The predicted octanol–water partition coefficient (Wildman–Crippen LogP) is 4.03. The normalized spacial score (nSPS) is 13.5. The van der Waals surface area contributed by atoms with Gasteiger partial charge >= 0.3 is 0 Å². The number of nitrogens with one attached hydrogen (secondary N) is 2. The first-order chi connectivity index (χ1) is 15.9. The van der Waals surface area contributed by atoms with E-state index in [-0.39, 0.29) is 10.8 Å². The summed E-state index contributed by atoms with van der Waals surface area (Å²) in [4.78, 5) is 25.7. The van der Waals surface area contributed by atoms with Crippen LogP contribution in [0.3, 0.4) is 0 Å². The first-order valence-electron chi connectivity index (χ1n) is 10.8. The van der Waals surface area contributed by atoms with Crippen LogP contribution >= 0.6 is 0 Å². The average molecular weight is 464 g/mol. The van der Waals surface area contributed by atoms with E-state index < -0.39 is 22.5 Å². The Morgan fingerprint density at radius 1 is 0.879 bits per heavy atom. The lowest BCUT2D eigenvalue weighted by Gasteiger charge is -2.31. The highest BCUT2D eigenvalue weighted by Crippen LogP contribution is 2.42. The smallest absolute Gasteiger partial charge is 0.265 e. The Morgan fingerprint density at radius 3 is 2.33 bits per heavy atom. The second kappa shape index (κ2) is 9.46. The molecular weight excluding hydrogens is 438 g/mol. The highest BCUT2D eigenvalue weighted by Gasteiger charge is 2.35. The molecule has 3 aromatic carbocycles. The molecule has 0 saturated heterocycles. The molecule has 1 aliphatic heterocycles. The Hall–Kier alpha value is -3.65. The van der Waals surface area contributed by atoms with Crippen LogP contribution < -0.4 is 14.9 Å². The Balaban J connectivity index is 1.60. The summed E-state index contributed by atoms with van der Waals surface area (Å²) in [6.07, 6.45) is 1.81. The van der Waals surface area contributed by atoms with Crippen LogP contribution in [0, 0.1) is 0 Å². The van der Waals surface area contributed by atoms with Crippen molar-refractivity contribution in [1.82, 2.24) is 5.32 Å². The van der Waals surface area contributed by atoms with Gasteiger partial charge in [0, 0.05) is 17.7 Å². The fraction of sp³-hybridized carbons (Fsp3) is 0.200. The molecule has 0 spiro atoms. The molecule has 0 fully saturated rings. The maximum absolute atomic E-state index is 13.4. The van der Waals surface area contributed by atoms with E-state index in [4.69, 9.17) is 0 Å². The van der Waals surface area contributed by atoms with E-state index in [1.165, 1.54) is 0 Å². The van der Waals surface area contributed by atoms with Crippen molar-refractivity contribution >= 4 is 33.2 Å². The molecule has 0 bridgehead atoms. The number of unbranched alkanes of at least 4 members (excludes halogenated alkanes) is 1. The monoisotopic (exact) mass is 463 g/mol. The topological polar surface area (TPSA) is 95.6 Å². The Bertz CT molecular complexity index is 1300. The van der Waals surface area contributed by atoms with E-state index in [0.717, 1.165) is 22.7 Å². The first-order valence-corrected chi connectivity index (χ1v) is 12.3. The lowest BCUT2D eigenvalue weighted by atomic mass is 10.0. The summed E-state index contributed by atoms with van der Waals surface area (Å²) in [6.45, 7) is 2.16. The van der Waals surface area contributed by atoms with Gasteiger partial charge in [-0.25, -0.2) is 8.42 Å². The van der Waals surface area contributed by atoms with Crippen molar-refractivity contribution in [2.45, 2.75) is 24.7 Å². The lowest BCUT2D eigenvalue weighted by molar-refractivity contribution is -0.114. The van der Waals surface area contributed by atoms with E-state index in [1.807, 2.05) is 19.1 Å². The lowest BCUT2D eigenvalue weighted by Crippen LogP contribution is -2.40. The van der Waals surface area contributed by atoms with Crippen molar-refractivity contribution in [2.75, 3.05) is 22.7 Å². The summed E-state index contributed by atoms with van der Waals surface area (Å²) in [5.74, 6) is -0.828. The van der Waals surface area contributed by atoms with E-state index in [9.17, 15) is 18.0 Å². The zero-order chi connectivity index (χ0) is 23.4. The van der Waals surface area contributed by atoms with Crippen molar-refractivity contribution in [3.8, 4) is 11.1 Å². The summed E-state index contributed by atoms with van der Waals surface area (Å²) in [5, 5.41) is 5.55. The zero-order valence-electron chi connectivity index (χ0n) is 18.2. The van der Waals surface area contributed by atoms with Crippen LogP contribution in [-0.2, 0) is 14.8 Å². The van der Waals surface area contributed by atoms with Crippen LogP contribution in [0.4, 0.5) is 11.4 Å². The molecule has 7 nitrogen and oxygen atoms in total. The first kappa shape index (κ1) is 22.5. The molecule has 33 heavy (non-hydrogen) atoms. The van der Waals surface area contributed by atoms with Crippen LogP contribution in [0.5, 0.6) is 0 Å². The maximum atomic E-state index is 13.4. The molecule has 0 saturated carbocycles. The zero-order valence-corrected chi connectivity index (χ0v) is 19.1. The van der Waals surface area contributed by atoms with Gasteiger partial charge in [0.05, 0.1) is 21.8 Å². The van der Waals surface area contributed by atoms with Crippen LogP contribution in [-0.4, -0.2) is 33.3 Å². The van der Waals surface area contributed by atoms with Crippen LogP contribution in [0.25, 0.3) is 11.1 Å². The van der Waals surface area contributed by atoms with Gasteiger partial charge in [0.25, 0.3) is 15.9 Å². The summed E-state index contributed by atoms with van der Waals surface area (Å²) in [5.41, 5.74) is 2.45. The van der Waals surface area contributed by atoms with Gasteiger partial charge in [-0.05, 0) is 30.7 Å². The molecule has 2 amide bonds. The molecule has 170 valence electrons. The standard InChI is InChI=1S/C25H25N3O4S/c1-2-3-16-26-25(30)20-12-4-7-13-21(20)27-24(29)17-28-22-14-8-5-10-18(22)19-11-6-9-15-23(19)33(28,31)32/h4-15H,2-3,16-17H2,1H3,(H,26,30)(H,27,29). The van der Waals surface area contributed by atoms with Crippen molar-refractivity contribution in [3.05, 3.63) is 78.4 Å². The number of rotatable bonds is 7. The predicted molar refractivity (Wildman–Crippen MR) is 129 cm³/mol. The van der Waals surface area contributed by atoms with Gasteiger partial charge in [-0.15, -0.1) is 0 Å². The number of benzene rings is 3. The van der Waals surface area contributed by atoms with E-state index in [1.54, 1.807) is 60.7 Å². The highest BCUT2D eigenvalue weighted by atomic mass is 32.2. The molecule has 0 unspecified atom stereocenters. The van der Waals surface area contributed by atoms with Crippen molar-refractivity contribution in [1.29, 1.82) is 0 Å². The molecular formula is C25H25N3O4S. The molecule has 1 heterocycles. The van der Waals surface area contributed by atoms with Gasteiger partial charge < -0.3 is 10.6 Å².